The fourth-order valence-electron chi connectivity index (χ4n) is 3.91. The van der Waals surface area contributed by atoms with Gasteiger partial charge in [0.25, 0.3) is 5.91 Å². The number of unbranched alkanes of at least 4 members (excludes halogenated alkanes) is 2. The van der Waals surface area contributed by atoms with Crippen molar-refractivity contribution in [2.75, 3.05) is 13.2 Å². The van der Waals surface area contributed by atoms with E-state index in [1.165, 1.54) is 13.8 Å². The van der Waals surface area contributed by atoms with E-state index in [2.05, 4.69) is 11.9 Å². The maximum atomic E-state index is 13.4. The lowest BCUT2D eigenvalue weighted by atomic mass is 10.1. The van der Waals surface area contributed by atoms with Crippen LogP contribution in [-0.2, 0) is 25.2 Å². The van der Waals surface area contributed by atoms with Crippen molar-refractivity contribution in [3.8, 4) is 5.75 Å². The zero-order valence-electron chi connectivity index (χ0n) is 20.7. The van der Waals surface area contributed by atoms with E-state index in [9.17, 15) is 23.1 Å². The number of amides is 1. The second kappa shape index (κ2) is 10.2. The van der Waals surface area contributed by atoms with Crippen molar-refractivity contribution in [3.63, 3.8) is 0 Å². The second-order valence-corrected chi connectivity index (χ2v) is 10.1. The van der Waals surface area contributed by atoms with Gasteiger partial charge in [0, 0.05) is 37.4 Å². The van der Waals surface area contributed by atoms with Crippen LogP contribution in [-0.4, -0.2) is 44.3 Å². The topological polar surface area (TPSA) is 89.0 Å². The van der Waals surface area contributed by atoms with Gasteiger partial charge in [-0.05, 0) is 64.2 Å². The minimum absolute atomic E-state index is 0.0183. The van der Waals surface area contributed by atoms with Crippen molar-refractivity contribution in [1.82, 2.24) is 9.36 Å². The van der Waals surface area contributed by atoms with Gasteiger partial charge in [-0.15, -0.1) is 0 Å². The lowest BCUT2D eigenvalue weighted by Gasteiger charge is -2.19. The first-order chi connectivity index (χ1) is 16.2. The molecule has 3 rings (SSSR count). The number of carbonyl (C=O) groups excluding carboxylic acids is 1. The molecule has 194 valence electrons. The summed E-state index contributed by atoms with van der Waals surface area (Å²) in [5.74, 6) is -0.933. The number of hydrogen-bond acceptors (Lipinski definition) is 4. The molecule has 0 radical (unpaired) electrons. The van der Waals surface area contributed by atoms with E-state index >= 15 is 0 Å². The van der Waals surface area contributed by atoms with Crippen LogP contribution >= 0.6 is 0 Å². The van der Waals surface area contributed by atoms with Crippen LogP contribution < -0.4 is 10.2 Å². The average Bonchev–Trinajstić information content (AvgIpc) is 3.43. The minimum Gasteiger partial charge on any atom is -0.490 e. The molecule has 10 heteroatoms. The largest absolute Gasteiger partial charge is 0.490 e. The molecule has 2 N–H and O–H groups in total. The summed E-state index contributed by atoms with van der Waals surface area (Å²) in [5, 5.41) is 19.0. The van der Waals surface area contributed by atoms with Crippen molar-refractivity contribution >= 4 is 5.91 Å². The molecular weight excluding hydrogens is 463 g/mol. The smallest absolute Gasteiger partial charge is 0.416 e. The number of benzene rings is 1. The molecule has 1 fully saturated rings. The summed E-state index contributed by atoms with van der Waals surface area (Å²) in [4.78, 5) is 17.4. The van der Waals surface area contributed by atoms with Crippen molar-refractivity contribution in [2.24, 2.45) is 12.0 Å². The molecule has 0 unspecified atom stereocenters. The summed E-state index contributed by atoms with van der Waals surface area (Å²) in [7, 11) is 1.89. The summed E-state index contributed by atoms with van der Waals surface area (Å²) in [6.45, 7) is 5.54. The van der Waals surface area contributed by atoms with Crippen LogP contribution in [0.4, 0.5) is 13.2 Å². The number of alkyl halides is 3. The number of aromatic nitrogens is 2. The Hall–Kier alpha value is -2.59. The Bertz CT molecular complexity index is 1120. The highest BCUT2D eigenvalue weighted by Gasteiger charge is 2.42. The highest BCUT2D eigenvalue weighted by molar-refractivity contribution is 5.97. The molecule has 0 aliphatic heterocycles. The number of aliphatic hydroxyl groups excluding tert-OH is 1. The normalized spacial score (nSPS) is 16.0. The minimum atomic E-state index is -4.64. The predicted octanol–water partition coefficient (Wildman–Crippen LogP) is 3.95. The van der Waals surface area contributed by atoms with Gasteiger partial charge in [0.15, 0.2) is 5.49 Å². The monoisotopic (exact) mass is 497 g/mol. The number of ether oxygens (including phenoxy) is 1. The van der Waals surface area contributed by atoms with Gasteiger partial charge in [-0.25, -0.2) is 0 Å². The van der Waals surface area contributed by atoms with Crippen LogP contribution in [0.2, 0.25) is 0 Å². The van der Waals surface area contributed by atoms with Crippen LogP contribution in [0, 0.1) is 0 Å². The molecule has 1 amide bonds. The van der Waals surface area contributed by atoms with Crippen molar-refractivity contribution in [2.45, 2.75) is 76.6 Å². The van der Waals surface area contributed by atoms with E-state index in [-0.39, 0.29) is 29.9 Å². The Labute approximate surface area is 202 Å². The summed E-state index contributed by atoms with van der Waals surface area (Å²) < 4.78 is 49.4. The van der Waals surface area contributed by atoms with Gasteiger partial charge in [-0.2, -0.15) is 18.2 Å². The van der Waals surface area contributed by atoms with Gasteiger partial charge in [0.05, 0.1) is 16.7 Å². The zero-order chi connectivity index (χ0) is 26.0. The second-order valence-electron chi connectivity index (χ2n) is 10.1. The van der Waals surface area contributed by atoms with Crippen LogP contribution in [0.3, 0.4) is 0 Å². The summed E-state index contributed by atoms with van der Waals surface area (Å²) in [6.07, 6.45) is -0.433. The third kappa shape index (κ3) is 6.76. The molecule has 0 bridgehead atoms. The lowest BCUT2D eigenvalue weighted by Crippen LogP contribution is -2.28. The van der Waals surface area contributed by atoms with Crippen LogP contribution in [0.5, 0.6) is 5.75 Å². The fraction of sp³-hybridized carbons (Fsp3) is 0.600. The first kappa shape index (κ1) is 27.0. The van der Waals surface area contributed by atoms with Crippen molar-refractivity contribution < 1.29 is 32.9 Å². The van der Waals surface area contributed by atoms with Gasteiger partial charge in [-0.1, -0.05) is 6.92 Å². The van der Waals surface area contributed by atoms with E-state index in [0.717, 1.165) is 49.6 Å². The quantitative estimate of drug-likeness (QED) is 0.487. The van der Waals surface area contributed by atoms with Crippen LogP contribution in [0.25, 0.3) is 0 Å². The number of rotatable bonds is 10. The van der Waals surface area contributed by atoms with E-state index < -0.39 is 23.2 Å². The van der Waals surface area contributed by atoms with Crippen molar-refractivity contribution in [3.05, 3.63) is 46.6 Å². The summed E-state index contributed by atoms with van der Waals surface area (Å²) >= 11 is 0. The third-order valence-corrected chi connectivity index (χ3v) is 6.22. The highest BCUT2D eigenvalue weighted by Crippen LogP contribution is 2.47. The fourth-order valence-corrected chi connectivity index (χ4v) is 3.91. The SMILES string of the molecule is Cn1c(C2(C)CC2)cc(=NC(=O)c2cc(C(F)(F)F)ccc2OCC(C)(C)O)n1CCCCCO. The Morgan fingerprint density at radius 1 is 1.17 bits per heavy atom. The molecule has 35 heavy (non-hydrogen) atoms. The number of hydrogen-bond donors (Lipinski definition) is 2. The number of nitrogens with zero attached hydrogens (tertiary/aromatic N) is 3. The van der Waals surface area contributed by atoms with Gasteiger partial charge in [0.2, 0.25) is 0 Å². The molecule has 0 atom stereocenters. The first-order valence-corrected chi connectivity index (χ1v) is 11.8. The maximum Gasteiger partial charge on any atom is 0.416 e. The standard InChI is InChI=1S/C25H34F3N3O4/c1-23(2,34)16-35-19-9-8-17(25(26,27)28)14-18(19)22(33)29-21-15-20(24(3)10-11-24)30(4)31(21)12-6-5-7-13-32/h8-9,14-15,32,34H,5-7,10-13,16H2,1-4H3. The zero-order valence-corrected chi connectivity index (χ0v) is 20.7. The van der Waals surface area contributed by atoms with Crippen molar-refractivity contribution in [1.29, 1.82) is 0 Å². The Kier molecular flexibility index (Phi) is 7.86. The maximum absolute atomic E-state index is 13.4. The molecule has 1 aliphatic rings. The van der Waals surface area contributed by atoms with E-state index in [0.29, 0.717) is 18.5 Å². The molecule has 7 nitrogen and oxygen atoms in total. The molecular formula is C25H34F3N3O4. The molecule has 1 aromatic heterocycles. The first-order valence-electron chi connectivity index (χ1n) is 11.8. The van der Waals surface area contributed by atoms with Gasteiger partial charge >= 0.3 is 6.18 Å². The molecule has 1 saturated carbocycles. The molecule has 1 heterocycles. The third-order valence-electron chi connectivity index (χ3n) is 6.22. The lowest BCUT2D eigenvalue weighted by molar-refractivity contribution is -0.137. The van der Waals surface area contributed by atoms with Gasteiger partial charge in [-0.3, -0.25) is 14.2 Å². The number of halogens is 3. The summed E-state index contributed by atoms with van der Waals surface area (Å²) in [6, 6.07) is 4.49. The van der Waals surface area contributed by atoms with Gasteiger partial charge in [0.1, 0.15) is 12.4 Å². The van der Waals surface area contributed by atoms with E-state index in [1.54, 1.807) is 0 Å². The van der Waals surface area contributed by atoms with Crippen LogP contribution in [0.15, 0.2) is 29.3 Å². The summed E-state index contributed by atoms with van der Waals surface area (Å²) in [5.41, 5.74) is -1.20. The number of carbonyl (C=O) groups is 1. The average molecular weight is 498 g/mol. The molecule has 2 aromatic rings. The van der Waals surface area contributed by atoms with E-state index in [4.69, 9.17) is 9.84 Å². The Morgan fingerprint density at radius 3 is 2.43 bits per heavy atom. The molecule has 0 saturated heterocycles. The van der Waals surface area contributed by atoms with Crippen LogP contribution in [0.1, 0.15) is 74.5 Å². The molecule has 0 spiro atoms. The molecule has 1 aliphatic carbocycles. The molecule has 1 aromatic carbocycles. The Morgan fingerprint density at radius 2 is 1.86 bits per heavy atom. The Balaban J connectivity index is 2.04. The highest BCUT2D eigenvalue weighted by atomic mass is 19.4. The number of aliphatic hydroxyl groups is 2. The van der Waals surface area contributed by atoms with Gasteiger partial charge < -0.3 is 14.9 Å². The van der Waals surface area contributed by atoms with E-state index in [1.807, 2.05) is 22.5 Å². The predicted molar refractivity (Wildman–Crippen MR) is 124 cm³/mol.